The lowest BCUT2D eigenvalue weighted by molar-refractivity contribution is -0.141. The number of aryl methyl sites for hydroxylation is 1. The van der Waals surface area contributed by atoms with Crippen LogP contribution in [0.2, 0.25) is 0 Å². The highest BCUT2D eigenvalue weighted by atomic mass is 16.2. The van der Waals surface area contributed by atoms with Crippen molar-refractivity contribution in [1.82, 2.24) is 19.6 Å². The maximum Gasteiger partial charge on any atom is 0.272 e. The molecule has 0 aliphatic carbocycles. The fourth-order valence-corrected chi connectivity index (χ4v) is 4.79. The van der Waals surface area contributed by atoms with Gasteiger partial charge < -0.3 is 9.80 Å². The largest absolute Gasteiger partial charge is 0.342 e. The highest BCUT2D eigenvalue weighted by molar-refractivity contribution is 5.92. The lowest BCUT2D eigenvalue weighted by Crippen LogP contribution is -2.54. The van der Waals surface area contributed by atoms with E-state index < -0.39 is 0 Å². The molecule has 6 heteroatoms. The van der Waals surface area contributed by atoms with Crippen LogP contribution in [-0.2, 0) is 11.8 Å². The molecule has 2 aromatic rings. The summed E-state index contributed by atoms with van der Waals surface area (Å²) in [5.74, 6) is 0.218. The van der Waals surface area contributed by atoms with Crippen molar-refractivity contribution in [3.63, 3.8) is 0 Å². The molecule has 1 atom stereocenters. The zero-order valence-corrected chi connectivity index (χ0v) is 16.7. The number of hydrogen-bond donors (Lipinski definition) is 0. The van der Waals surface area contributed by atoms with E-state index >= 15 is 0 Å². The molecule has 0 saturated carbocycles. The Morgan fingerprint density at radius 1 is 1.18 bits per heavy atom. The highest BCUT2D eigenvalue weighted by Crippen LogP contribution is 2.45. The number of benzene rings is 1. The molecule has 2 amide bonds. The van der Waals surface area contributed by atoms with Gasteiger partial charge in [0.15, 0.2) is 0 Å². The molecule has 0 N–H and O–H groups in total. The van der Waals surface area contributed by atoms with Crippen LogP contribution < -0.4 is 0 Å². The summed E-state index contributed by atoms with van der Waals surface area (Å²) in [7, 11) is 1.80. The quantitative estimate of drug-likeness (QED) is 0.823. The smallest absolute Gasteiger partial charge is 0.272 e. The standard InChI is InChI=1S/C22H28N4O2/c1-3-25-16-22(15-18(20(25)27)17-7-5-4-6-8-17)10-13-26(14-11-22)21(28)19-9-12-23-24(19)2/h4-9,12,18H,3,10-11,13-16H2,1-2H3. The predicted octanol–water partition coefficient (Wildman–Crippen LogP) is 2.68. The molecule has 6 nitrogen and oxygen atoms in total. The first-order valence-electron chi connectivity index (χ1n) is 10.1. The van der Waals surface area contributed by atoms with Crippen molar-refractivity contribution in [1.29, 1.82) is 0 Å². The van der Waals surface area contributed by atoms with E-state index in [-0.39, 0.29) is 23.1 Å². The Morgan fingerprint density at radius 3 is 2.50 bits per heavy atom. The van der Waals surface area contributed by atoms with Gasteiger partial charge >= 0.3 is 0 Å². The van der Waals surface area contributed by atoms with Gasteiger partial charge in [0.1, 0.15) is 5.69 Å². The van der Waals surface area contributed by atoms with Crippen LogP contribution in [0.4, 0.5) is 0 Å². The van der Waals surface area contributed by atoms with Crippen molar-refractivity contribution >= 4 is 11.8 Å². The third-order valence-electron chi connectivity index (χ3n) is 6.51. The second-order valence-electron chi connectivity index (χ2n) is 8.15. The number of rotatable bonds is 3. The zero-order chi connectivity index (χ0) is 19.7. The van der Waals surface area contributed by atoms with Gasteiger partial charge in [-0.1, -0.05) is 30.3 Å². The van der Waals surface area contributed by atoms with Crippen LogP contribution in [0.1, 0.15) is 48.2 Å². The second-order valence-corrected chi connectivity index (χ2v) is 8.15. The number of carbonyl (C=O) groups excluding carboxylic acids is 2. The van der Waals surface area contributed by atoms with Gasteiger partial charge in [0.25, 0.3) is 5.91 Å². The minimum absolute atomic E-state index is 0.0497. The number of likely N-dealkylation sites (tertiary alicyclic amines) is 2. The highest BCUT2D eigenvalue weighted by Gasteiger charge is 2.46. The van der Waals surface area contributed by atoms with E-state index in [9.17, 15) is 9.59 Å². The third kappa shape index (κ3) is 3.32. The monoisotopic (exact) mass is 380 g/mol. The summed E-state index contributed by atoms with van der Waals surface area (Å²) in [5, 5.41) is 4.11. The lowest BCUT2D eigenvalue weighted by Gasteiger charge is -2.49. The molecule has 1 aromatic heterocycles. The average molecular weight is 380 g/mol. The molecule has 4 rings (SSSR count). The molecule has 2 fully saturated rings. The number of aromatic nitrogens is 2. The van der Waals surface area contributed by atoms with E-state index in [1.165, 1.54) is 0 Å². The van der Waals surface area contributed by atoms with Crippen molar-refractivity contribution in [3.05, 3.63) is 53.9 Å². The van der Waals surface area contributed by atoms with E-state index in [1.807, 2.05) is 28.0 Å². The molecule has 1 spiro atoms. The molecule has 148 valence electrons. The van der Waals surface area contributed by atoms with E-state index in [4.69, 9.17) is 0 Å². The molecule has 1 unspecified atom stereocenters. The Bertz CT molecular complexity index is 852. The fourth-order valence-electron chi connectivity index (χ4n) is 4.79. The maximum absolute atomic E-state index is 13.0. The first kappa shape index (κ1) is 18.7. The van der Waals surface area contributed by atoms with Crippen LogP contribution in [0.5, 0.6) is 0 Å². The van der Waals surface area contributed by atoms with Crippen molar-refractivity contribution in [2.75, 3.05) is 26.2 Å². The van der Waals surface area contributed by atoms with Gasteiger partial charge in [-0.2, -0.15) is 5.10 Å². The predicted molar refractivity (Wildman–Crippen MR) is 107 cm³/mol. The first-order chi connectivity index (χ1) is 13.5. The number of hydrogen-bond acceptors (Lipinski definition) is 3. The van der Waals surface area contributed by atoms with Gasteiger partial charge in [-0.3, -0.25) is 14.3 Å². The Hall–Kier alpha value is -2.63. The maximum atomic E-state index is 13.0. The van der Waals surface area contributed by atoms with Crippen LogP contribution in [0, 0.1) is 5.41 Å². The number of amides is 2. The topological polar surface area (TPSA) is 58.4 Å². The second kappa shape index (κ2) is 7.41. The number of nitrogens with zero attached hydrogens (tertiary/aromatic N) is 4. The average Bonchev–Trinajstić information content (AvgIpc) is 3.16. The Balaban J connectivity index is 1.51. The third-order valence-corrected chi connectivity index (χ3v) is 6.51. The minimum atomic E-state index is -0.0748. The molecule has 1 aromatic carbocycles. The van der Waals surface area contributed by atoms with Crippen LogP contribution in [0.15, 0.2) is 42.6 Å². The van der Waals surface area contributed by atoms with E-state index in [2.05, 4.69) is 24.2 Å². The van der Waals surface area contributed by atoms with Crippen molar-refractivity contribution in [2.45, 2.75) is 32.1 Å². The lowest BCUT2D eigenvalue weighted by atomic mass is 9.67. The number of likely N-dealkylation sites (N-methyl/N-ethyl adjacent to an activating group) is 1. The molecule has 0 bridgehead atoms. The van der Waals surface area contributed by atoms with Crippen LogP contribution in [0.3, 0.4) is 0 Å². The Labute approximate surface area is 166 Å². The summed E-state index contributed by atoms with van der Waals surface area (Å²) in [6, 6.07) is 11.9. The Morgan fingerprint density at radius 2 is 1.89 bits per heavy atom. The van der Waals surface area contributed by atoms with E-state index in [1.54, 1.807) is 24.0 Å². The Kier molecular flexibility index (Phi) is 4.96. The summed E-state index contributed by atoms with van der Waals surface area (Å²) in [4.78, 5) is 29.8. The first-order valence-corrected chi connectivity index (χ1v) is 10.1. The van der Waals surface area contributed by atoms with Crippen molar-refractivity contribution < 1.29 is 9.59 Å². The van der Waals surface area contributed by atoms with Crippen LogP contribution in [0.25, 0.3) is 0 Å². The molecule has 3 heterocycles. The summed E-state index contributed by atoms with van der Waals surface area (Å²) < 4.78 is 1.64. The van der Waals surface area contributed by atoms with Crippen molar-refractivity contribution in [3.8, 4) is 0 Å². The minimum Gasteiger partial charge on any atom is -0.342 e. The summed E-state index contributed by atoms with van der Waals surface area (Å²) >= 11 is 0. The van der Waals surface area contributed by atoms with Gasteiger partial charge in [0.05, 0.1) is 5.92 Å². The van der Waals surface area contributed by atoms with Gasteiger partial charge in [-0.15, -0.1) is 0 Å². The van der Waals surface area contributed by atoms with Crippen molar-refractivity contribution in [2.24, 2.45) is 12.5 Å². The van der Waals surface area contributed by atoms with Crippen LogP contribution in [-0.4, -0.2) is 57.6 Å². The van der Waals surface area contributed by atoms with E-state index in [0.717, 1.165) is 51.0 Å². The summed E-state index contributed by atoms with van der Waals surface area (Å²) in [6.45, 7) is 5.07. The SMILES string of the molecule is CCN1CC2(CCN(C(=O)c3ccnn3C)CC2)CC(c2ccccc2)C1=O. The molecule has 0 radical (unpaired) electrons. The molecule has 2 saturated heterocycles. The van der Waals surface area contributed by atoms with Gasteiger partial charge in [-0.25, -0.2) is 0 Å². The van der Waals surface area contributed by atoms with Gasteiger partial charge in [-0.05, 0) is 43.2 Å². The fraction of sp³-hybridized carbons (Fsp3) is 0.500. The molecule has 28 heavy (non-hydrogen) atoms. The van der Waals surface area contributed by atoms with Gasteiger partial charge in [0.2, 0.25) is 5.91 Å². The number of piperidine rings is 2. The summed E-state index contributed by atoms with van der Waals surface area (Å²) in [6.07, 6.45) is 4.41. The zero-order valence-electron chi connectivity index (χ0n) is 16.7. The normalized spacial score (nSPS) is 21.9. The summed E-state index contributed by atoms with van der Waals surface area (Å²) in [5.41, 5.74) is 1.83. The molecule has 2 aliphatic heterocycles. The number of carbonyl (C=O) groups is 2. The molecular formula is C22H28N4O2. The van der Waals surface area contributed by atoms with Gasteiger partial charge in [0, 0.05) is 39.4 Å². The molecule has 2 aliphatic rings. The molecular weight excluding hydrogens is 352 g/mol. The van der Waals surface area contributed by atoms with Crippen LogP contribution >= 0.6 is 0 Å². The van der Waals surface area contributed by atoms with E-state index in [0.29, 0.717) is 5.69 Å².